The molecular formula is C32H28BrClN4O4. The van der Waals surface area contributed by atoms with Crippen LogP contribution in [0.5, 0.6) is 5.75 Å². The van der Waals surface area contributed by atoms with Gasteiger partial charge in [-0.15, -0.1) is 0 Å². The molecule has 0 radical (unpaired) electrons. The van der Waals surface area contributed by atoms with Crippen LogP contribution in [0.2, 0.25) is 5.02 Å². The number of carbonyl (C=O) groups is 2. The van der Waals surface area contributed by atoms with Crippen molar-refractivity contribution in [1.82, 2.24) is 4.57 Å². The Morgan fingerprint density at radius 1 is 0.929 bits per heavy atom. The molecule has 2 amide bonds. The number of nitrogens with one attached hydrogen (secondary N) is 2. The first kappa shape index (κ1) is 28.1. The fourth-order valence-corrected chi connectivity index (χ4v) is 6.65. The van der Waals surface area contributed by atoms with Crippen LogP contribution in [0.4, 0.5) is 17.1 Å². The highest BCUT2D eigenvalue weighted by Gasteiger charge is 2.35. The number of benzene rings is 3. The highest BCUT2D eigenvalue weighted by atomic mass is 79.9. The molecule has 3 aromatic carbocycles. The third-order valence-corrected chi connectivity index (χ3v) is 8.84. The van der Waals surface area contributed by atoms with Crippen LogP contribution in [0.15, 0.2) is 88.1 Å². The Bertz CT molecular complexity index is 1760. The molecule has 1 saturated heterocycles. The lowest BCUT2D eigenvalue weighted by atomic mass is 9.83. The maximum atomic E-state index is 13.4. The quantitative estimate of drug-likeness (QED) is 0.253. The van der Waals surface area contributed by atoms with E-state index in [2.05, 4.69) is 31.5 Å². The molecule has 2 N–H and O–H groups in total. The van der Waals surface area contributed by atoms with E-state index in [1.54, 1.807) is 48.5 Å². The molecule has 42 heavy (non-hydrogen) atoms. The minimum absolute atomic E-state index is 0.0329. The van der Waals surface area contributed by atoms with Crippen LogP contribution in [0.25, 0.3) is 0 Å². The van der Waals surface area contributed by atoms with E-state index >= 15 is 0 Å². The number of fused-ring (bicyclic) bond motifs is 4. The molecule has 1 fully saturated rings. The topological polar surface area (TPSA) is 92.7 Å². The predicted molar refractivity (Wildman–Crippen MR) is 168 cm³/mol. The highest BCUT2D eigenvalue weighted by molar-refractivity contribution is 9.10. The summed E-state index contributed by atoms with van der Waals surface area (Å²) in [5.74, 6) is 0.335. The number of rotatable bonds is 6. The molecular weight excluding hydrogens is 620 g/mol. The fraction of sp³-hybridized carbons (Fsp3) is 0.219. The average molecular weight is 648 g/mol. The Labute approximate surface area is 256 Å². The largest absolute Gasteiger partial charge is 0.495 e. The number of piperidine rings is 1. The summed E-state index contributed by atoms with van der Waals surface area (Å²) in [6.45, 7) is 2.07. The molecule has 0 spiro atoms. The zero-order valence-corrected chi connectivity index (χ0v) is 25.1. The monoisotopic (exact) mass is 646 g/mol. The Hall–Kier alpha value is -4.08. The Balaban J connectivity index is 1.33. The lowest BCUT2D eigenvalue weighted by Crippen LogP contribution is -2.47. The first-order chi connectivity index (χ1) is 20.3. The fourth-order valence-electron chi connectivity index (χ4n) is 5.93. The van der Waals surface area contributed by atoms with E-state index in [9.17, 15) is 14.4 Å². The summed E-state index contributed by atoms with van der Waals surface area (Å²) < 4.78 is 7.76. The van der Waals surface area contributed by atoms with Gasteiger partial charge in [0.25, 0.3) is 17.4 Å². The van der Waals surface area contributed by atoms with E-state index in [4.69, 9.17) is 16.3 Å². The van der Waals surface area contributed by atoms with Crippen molar-refractivity contribution in [2.75, 3.05) is 35.7 Å². The maximum Gasteiger partial charge on any atom is 0.256 e. The molecule has 4 aromatic rings. The first-order valence-electron chi connectivity index (χ1n) is 13.6. The molecule has 0 unspecified atom stereocenters. The number of methoxy groups -OCH3 is 1. The Morgan fingerprint density at radius 3 is 2.55 bits per heavy atom. The van der Waals surface area contributed by atoms with Gasteiger partial charge in [-0.05, 0) is 82.9 Å². The van der Waals surface area contributed by atoms with Crippen LogP contribution >= 0.6 is 27.5 Å². The van der Waals surface area contributed by atoms with Crippen molar-refractivity contribution in [2.45, 2.75) is 18.9 Å². The van der Waals surface area contributed by atoms with Gasteiger partial charge in [-0.25, -0.2) is 0 Å². The molecule has 6 rings (SSSR count). The van der Waals surface area contributed by atoms with Gasteiger partial charge >= 0.3 is 0 Å². The average Bonchev–Trinajstić information content (AvgIpc) is 2.98. The zero-order chi connectivity index (χ0) is 29.4. The van der Waals surface area contributed by atoms with Gasteiger partial charge in [0, 0.05) is 53.0 Å². The zero-order valence-electron chi connectivity index (χ0n) is 22.8. The summed E-state index contributed by atoms with van der Waals surface area (Å²) in [6, 6.07) is 23.0. The second-order valence-corrected chi connectivity index (χ2v) is 11.8. The number of hydrogen-bond acceptors (Lipinski definition) is 5. The van der Waals surface area contributed by atoms with Gasteiger partial charge in [-0.2, -0.15) is 0 Å². The van der Waals surface area contributed by atoms with Crippen LogP contribution in [0, 0.1) is 5.92 Å². The van der Waals surface area contributed by atoms with Crippen molar-refractivity contribution in [3.63, 3.8) is 0 Å². The van der Waals surface area contributed by atoms with E-state index in [1.165, 1.54) is 7.11 Å². The summed E-state index contributed by atoms with van der Waals surface area (Å²) in [5, 5.41) is 6.31. The molecule has 2 aliphatic rings. The van der Waals surface area contributed by atoms with E-state index in [0.717, 1.165) is 24.3 Å². The summed E-state index contributed by atoms with van der Waals surface area (Å²) in [4.78, 5) is 41.5. The molecule has 2 aliphatic heterocycles. The Kier molecular flexibility index (Phi) is 7.79. The van der Waals surface area contributed by atoms with E-state index in [0.29, 0.717) is 50.8 Å². The maximum absolute atomic E-state index is 13.4. The SMILES string of the molecule is COc1ccc(NC(=O)c2ccc(N3C[C@H]4C[C@@H](C3)c3cccc(=O)n3C4)c(NC(=O)c3ccccc3Br)c2)cc1Cl. The number of nitrogens with zero attached hydrogens (tertiary/aromatic N) is 2. The number of ether oxygens (including phenoxy) is 1. The van der Waals surface area contributed by atoms with Crippen molar-refractivity contribution in [3.05, 3.63) is 116 Å². The molecule has 8 nitrogen and oxygen atoms in total. The minimum atomic E-state index is -0.344. The smallest absolute Gasteiger partial charge is 0.256 e. The highest BCUT2D eigenvalue weighted by Crippen LogP contribution is 2.39. The predicted octanol–water partition coefficient (Wildman–Crippen LogP) is 6.40. The number of pyridine rings is 1. The number of aromatic nitrogens is 1. The molecule has 0 saturated carbocycles. The van der Waals surface area contributed by atoms with E-state index < -0.39 is 0 Å². The van der Waals surface area contributed by atoms with Crippen LogP contribution in [-0.4, -0.2) is 36.6 Å². The summed E-state index contributed by atoms with van der Waals surface area (Å²) in [6.07, 6.45) is 1.00. The van der Waals surface area contributed by atoms with Crippen LogP contribution in [0.1, 0.15) is 38.7 Å². The van der Waals surface area contributed by atoms with Crippen molar-refractivity contribution in [1.29, 1.82) is 0 Å². The van der Waals surface area contributed by atoms with Crippen LogP contribution in [0.3, 0.4) is 0 Å². The number of hydrogen-bond donors (Lipinski definition) is 2. The second kappa shape index (κ2) is 11.7. The van der Waals surface area contributed by atoms with Gasteiger partial charge in [-0.1, -0.05) is 29.8 Å². The summed E-state index contributed by atoms with van der Waals surface area (Å²) >= 11 is 9.71. The van der Waals surface area contributed by atoms with Gasteiger partial charge in [0.15, 0.2) is 0 Å². The minimum Gasteiger partial charge on any atom is -0.495 e. The molecule has 10 heteroatoms. The lowest BCUT2D eigenvalue weighted by molar-refractivity contribution is 0.101. The third kappa shape index (κ3) is 5.54. The molecule has 1 aromatic heterocycles. The van der Waals surface area contributed by atoms with Crippen molar-refractivity contribution < 1.29 is 14.3 Å². The van der Waals surface area contributed by atoms with Crippen LogP contribution in [-0.2, 0) is 6.54 Å². The number of anilines is 3. The van der Waals surface area contributed by atoms with Gasteiger partial charge in [0.05, 0.1) is 29.1 Å². The Morgan fingerprint density at radius 2 is 1.76 bits per heavy atom. The van der Waals surface area contributed by atoms with Crippen molar-refractivity contribution in [3.8, 4) is 5.75 Å². The van der Waals surface area contributed by atoms with Gasteiger partial charge in [0.1, 0.15) is 5.75 Å². The summed E-state index contributed by atoms with van der Waals surface area (Å²) in [7, 11) is 1.53. The standard InChI is InChI=1S/C32H28BrClN4O4/c1-42-29-12-10-22(15-25(29)34)35-31(40)20-9-11-28(26(14-20)36-32(41)23-5-2-3-6-24(23)33)37-16-19-13-21(18-37)27-7-4-8-30(39)38(27)17-19/h2-12,14-15,19,21H,13,16-18H2,1H3,(H,35,40)(H,36,41)/t19-,21+/m1/s1. The van der Waals surface area contributed by atoms with Crippen LogP contribution < -0.4 is 25.8 Å². The van der Waals surface area contributed by atoms with Gasteiger partial charge < -0.3 is 24.8 Å². The van der Waals surface area contributed by atoms with Crippen molar-refractivity contribution >= 4 is 56.4 Å². The first-order valence-corrected chi connectivity index (χ1v) is 14.8. The molecule has 2 atom stereocenters. The summed E-state index contributed by atoms with van der Waals surface area (Å²) in [5.41, 5.74) is 3.80. The number of amides is 2. The van der Waals surface area contributed by atoms with E-state index in [1.807, 2.05) is 34.9 Å². The molecule has 2 bridgehead atoms. The lowest BCUT2D eigenvalue weighted by Gasteiger charge is -2.44. The van der Waals surface area contributed by atoms with Gasteiger partial charge in [0.2, 0.25) is 0 Å². The third-order valence-electron chi connectivity index (χ3n) is 7.86. The molecule has 3 heterocycles. The molecule has 0 aliphatic carbocycles. The van der Waals surface area contributed by atoms with Crippen molar-refractivity contribution in [2.24, 2.45) is 5.92 Å². The van der Waals surface area contributed by atoms with Gasteiger partial charge in [-0.3, -0.25) is 14.4 Å². The number of carbonyl (C=O) groups excluding carboxylic acids is 2. The normalized spacial score (nSPS) is 17.3. The number of halogens is 2. The molecule has 214 valence electrons. The van der Waals surface area contributed by atoms with E-state index in [-0.39, 0.29) is 29.2 Å². The second-order valence-electron chi connectivity index (χ2n) is 10.6.